The molecule has 0 aliphatic heterocycles. The van der Waals surface area contributed by atoms with E-state index in [-0.39, 0.29) is 10.8 Å². The largest absolute Gasteiger partial charge is 0.392 e. The molecule has 0 saturated heterocycles. The van der Waals surface area contributed by atoms with E-state index in [1.807, 2.05) is 6.92 Å². The number of nitrogens with one attached hydrogen (secondary N) is 1. The van der Waals surface area contributed by atoms with Crippen molar-refractivity contribution in [3.8, 4) is 0 Å². The summed E-state index contributed by atoms with van der Waals surface area (Å²) in [6.07, 6.45) is 1.03. The van der Waals surface area contributed by atoms with Crippen LogP contribution in [0.5, 0.6) is 0 Å². The molecule has 0 aliphatic carbocycles. The van der Waals surface area contributed by atoms with Gasteiger partial charge < -0.3 is 10.1 Å². The molecule has 0 aromatic carbocycles. The van der Waals surface area contributed by atoms with Crippen LogP contribution >= 0.6 is 11.8 Å². The number of aliphatic hydroxyl groups excluding tert-OH is 1. The zero-order chi connectivity index (χ0) is 9.84. The third-order valence-electron chi connectivity index (χ3n) is 1.62. The maximum Gasteiger partial charge on any atom is 0.251 e. The monoisotopic (exact) mass is 200 g/mol. The molecule has 72 valence electrons. The second-order valence-electron chi connectivity index (χ2n) is 2.80. The molecular formula is C8H12N2O2S. The Morgan fingerprint density at radius 1 is 1.62 bits per heavy atom. The molecule has 1 aromatic rings. The lowest BCUT2D eigenvalue weighted by atomic mass is 10.3. The van der Waals surface area contributed by atoms with Crippen LogP contribution in [0, 0.1) is 0 Å². The number of nitrogens with zero attached hydrogens (tertiary/aromatic N) is 1. The average Bonchev–Trinajstić information content (AvgIpc) is 2.04. The normalized spacial score (nSPS) is 15.3. The Morgan fingerprint density at radius 2 is 2.31 bits per heavy atom. The van der Waals surface area contributed by atoms with Crippen molar-refractivity contribution in [2.24, 2.45) is 0 Å². The molecule has 0 aliphatic rings. The van der Waals surface area contributed by atoms with Crippen LogP contribution in [0.3, 0.4) is 0 Å². The van der Waals surface area contributed by atoms with Crippen molar-refractivity contribution >= 4 is 11.8 Å². The van der Waals surface area contributed by atoms with E-state index in [0.717, 1.165) is 0 Å². The highest BCUT2D eigenvalue weighted by Gasteiger charge is 2.11. The highest BCUT2D eigenvalue weighted by molar-refractivity contribution is 7.99. The molecule has 5 heteroatoms. The molecule has 2 unspecified atom stereocenters. The zero-order valence-electron chi connectivity index (χ0n) is 7.52. The Bertz CT molecular complexity index is 324. The number of aromatic amines is 1. The fourth-order valence-electron chi connectivity index (χ4n) is 0.686. The van der Waals surface area contributed by atoms with Crippen molar-refractivity contribution < 1.29 is 5.11 Å². The molecule has 2 atom stereocenters. The summed E-state index contributed by atoms with van der Waals surface area (Å²) in [4.78, 5) is 17.4. The lowest BCUT2D eigenvalue weighted by Crippen LogP contribution is -2.16. The van der Waals surface area contributed by atoms with Crippen molar-refractivity contribution in [3.63, 3.8) is 0 Å². The smallest absolute Gasteiger partial charge is 0.251 e. The van der Waals surface area contributed by atoms with Gasteiger partial charge in [-0.3, -0.25) is 4.79 Å². The van der Waals surface area contributed by atoms with Gasteiger partial charge in [0.05, 0.1) is 6.10 Å². The quantitative estimate of drug-likeness (QED) is 0.555. The Labute approximate surface area is 80.4 Å². The molecule has 0 bridgehead atoms. The number of H-pyrrole nitrogens is 1. The molecule has 13 heavy (non-hydrogen) atoms. The van der Waals surface area contributed by atoms with Crippen LogP contribution in [0.1, 0.15) is 13.8 Å². The predicted molar refractivity (Wildman–Crippen MR) is 51.9 cm³/mol. The second kappa shape index (κ2) is 4.43. The number of hydrogen-bond donors (Lipinski definition) is 2. The first-order valence-electron chi connectivity index (χ1n) is 3.99. The molecule has 0 fully saturated rings. The van der Waals surface area contributed by atoms with E-state index in [1.165, 1.54) is 24.0 Å². The van der Waals surface area contributed by atoms with E-state index in [9.17, 15) is 9.90 Å². The zero-order valence-corrected chi connectivity index (χ0v) is 8.34. The number of thioether (sulfide) groups is 1. The molecule has 4 nitrogen and oxygen atoms in total. The Hall–Kier alpha value is -0.810. The minimum Gasteiger partial charge on any atom is -0.392 e. The molecule has 0 radical (unpaired) electrons. The first-order valence-corrected chi connectivity index (χ1v) is 4.87. The van der Waals surface area contributed by atoms with E-state index < -0.39 is 6.10 Å². The fraction of sp³-hybridized carbons (Fsp3) is 0.500. The Balaban J connectivity index is 2.69. The summed E-state index contributed by atoms with van der Waals surface area (Å²) in [5.74, 6) is 0. The fourth-order valence-corrected chi connectivity index (χ4v) is 1.52. The standard InChI is InChI=1S/C8H12N2O2S/c1-5(11)6(2)13-8-9-4-3-7(12)10-8/h3-6,11H,1-2H3,(H,9,10,12). The molecule has 1 heterocycles. The van der Waals surface area contributed by atoms with Crippen molar-refractivity contribution in [3.05, 3.63) is 22.6 Å². The summed E-state index contributed by atoms with van der Waals surface area (Å²) < 4.78 is 0. The Kier molecular flexibility index (Phi) is 3.50. The van der Waals surface area contributed by atoms with Gasteiger partial charge in [0.25, 0.3) is 5.56 Å². The van der Waals surface area contributed by atoms with Crippen molar-refractivity contribution in [2.45, 2.75) is 30.4 Å². The van der Waals surface area contributed by atoms with Gasteiger partial charge in [0, 0.05) is 17.5 Å². The first kappa shape index (κ1) is 10.3. The molecular weight excluding hydrogens is 188 g/mol. The summed E-state index contributed by atoms with van der Waals surface area (Å²) >= 11 is 1.35. The highest BCUT2D eigenvalue weighted by Crippen LogP contribution is 2.19. The van der Waals surface area contributed by atoms with Crippen LogP contribution in [0.25, 0.3) is 0 Å². The van der Waals surface area contributed by atoms with Gasteiger partial charge in [0.15, 0.2) is 5.16 Å². The van der Waals surface area contributed by atoms with Crippen molar-refractivity contribution in [1.29, 1.82) is 0 Å². The topological polar surface area (TPSA) is 66.0 Å². The maximum absolute atomic E-state index is 10.9. The van der Waals surface area contributed by atoms with Crippen LogP contribution in [-0.4, -0.2) is 26.4 Å². The lowest BCUT2D eigenvalue weighted by molar-refractivity contribution is 0.196. The number of aliphatic hydroxyl groups is 1. The number of hydrogen-bond acceptors (Lipinski definition) is 4. The average molecular weight is 200 g/mol. The third kappa shape index (κ3) is 3.20. The summed E-state index contributed by atoms with van der Waals surface area (Å²) in [5, 5.41) is 9.77. The van der Waals surface area contributed by atoms with Crippen LogP contribution in [-0.2, 0) is 0 Å². The third-order valence-corrected chi connectivity index (χ3v) is 2.82. The van der Waals surface area contributed by atoms with Gasteiger partial charge in [-0.05, 0) is 6.92 Å². The van der Waals surface area contributed by atoms with Crippen LogP contribution < -0.4 is 5.56 Å². The van der Waals surface area contributed by atoms with Gasteiger partial charge in [-0.2, -0.15) is 0 Å². The van der Waals surface area contributed by atoms with Crippen LogP contribution in [0.4, 0.5) is 0 Å². The minimum absolute atomic E-state index is 0.0190. The summed E-state index contributed by atoms with van der Waals surface area (Å²) in [6, 6.07) is 1.36. The van der Waals surface area contributed by atoms with Crippen LogP contribution in [0.15, 0.2) is 22.2 Å². The molecule has 2 N–H and O–H groups in total. The van der Waals surface area contributed by atoms with Crippen LogP contribution in [0.2, 0.25) is 0 Å². The Morgan fingerprint density at radius 3 is 2.85 bits per heavy atom. The van der Waals surface area contributed by atoms with E-state index in [0.29, 0.717) is 5.16 Å². The molecule has 1 aromatic heterocycles. The van der Waals surface area contributed by atoms with Gasteiger partial charge in [-0.25, -0.2) is 4.98 Å². The van der Waals surface area contributed by atoms with Gasteiger partial charge in [0.1, 0.15) is 0 Å². The van der Waals surface area contributed by atoms with Gasteiger partial charge in [0.2, 0.25) is 0 Å². The molecule has 0 saturated carbocycles. The van der Waals surface area contributed by atoms with Crippen molar-refractivity contribution in [1.82, 2.24) is 9.97 Å². The summed E-state index contributed by atoms with van der Waals surface area (Å²) in [5.41, 5.74) is -0.171. The molecule has 0 amide bonds. The summed E-state index contributed by atoms with van der Waals surface area (Å²) in [7, 11) is 0. The number of rotatable bonds is 3. The van der Waals surface area contributed by atoms with Gasteiger partial charge in [-0.15, -0.1) is 0 Å². The van der Waals surface area contributed by atoms with E-state index in [1.54, 1.807) is 6.92 Å². The second-order valence-corrected chi connectivity index (χ2v) is 4.17. The maximum atomic E-state index is 10.9. The lowest BCUT2D eigenvalue weighted by Gasteiger charge is -2.12. The molecule has 0 spiro atoms. The van der Waals surface area contributed by atoms with E-state index >= 15 is 0 Å². The number of aromatic nitrogens is 2. The van der Waals surface area contributed by atoms with Gasteiger partial charge in [-0.1, -0.05) is 18.7 Å². The minimum atomic E-state index is -0.421. The molecule has 1 rings (SSSR count). The van der Waals surface area contributed by atoms with Crippen molar-refractivity contribution in [2.75, 3.05) is 0 Å². The summed E-state index contributed by atoms with van der Waals surface area (Å²) in [6.45, 7) is 3.58. The van der Waals surface area contributed by atoms with E-state index in [2.05, 4.69) is 9.97 Å². The predicted octanol–water partition coefficient (Wildman–Crippen LogP) is 0.631. The highest BCUT2D eigenvalue weighted by atomic mass is 32.2. The first-order chi connectivity index (χ1) is 6.09. The van der Waals surface area contributed by atoms with Gasteiger partial charge >= 0.3 is 0 Å². The van der Waals surface area contributed by atoms with E-state index in [4.69, 9.17) is 0 Å². The SMILES string of the molecule is CC(O)C(C)Sc1nccc(=O)[nH]1.